The zero-order valence-electron chi connectivity index (χ0n) is 9.34. The summed E-state index contributed by atoms with van der Waals surface area (Å²) in [6, 6.07) is 0. The van der Waals surface area contributed by atoms with E-state index in [0.717, 1.165) is 45.4 Å². The third-order valence-electron chi connectivity index (χ3n) is 4.30. The lowest BCUT2D eigenvalue weighted by Gasteiger charge is -2.48. The number of hydrogen-bond donors (Lipinski definition) is 2. The van der Waals surface area contributed by atoms with E-state index in [-0.39, 0.29) is 5.54 Å². The molecule has 82 valence electrons. The van der Waals surface area contributed by atoms with E-state index in [9.17, 15) is 5.11 Å². The van der Waals surface area contributed by atoms with Crippen LogP contribution in [0.1, 0.15) is 33.1 Å². The second kappa shape index (κ2) is 3.47. The molecule has 1 aliphatic carbocycles. The number of aliphatic hydroxyl groups is 1. The van der Waals surface area contributed by atoms with Crippen molar-refractivity contribution in [2.45, 2.75) is 44.2 Å². The van der Waals surface area contributed by atoms with Crippen LogP contribution in [0.5, 0.6) is 0 Å². The fourth-order valence-corrected chi connectivity index (χ4v) is 2.97. The number of rotatable bonds is 1. The molecule has 2 fully saturated rings. The second-order valence-corrected chi connectivity index (χ2v) is 5.14. The van der Waals surface area contributed by atoms with E-state index in [1.165, 1.54) is 0 Å². The van der Waals surface area contributed by atoms with Crippen LogP contribution in [0.25, 0.3) is 0 Å². The maximum atomic E-state index is 10.4. The fourth-order valence-electron chi connectivity index (χ4n) is 2.97. The van der Waals surface area contributed by atoms with Crippen molar-refractivity contribution in [1.82, 2.24) is 10.2 Å². The van der Waals surface area contributed by atoms with Gasteiger partial charge in [0, 0.05) is 31.7 Å². The monoisotopic (exact) mass is 198 g/mol. The minimum atomic E-state index is -0.496. The Morgan fingerprint density at radius 2 is 1.79 bits per heavy atom. The minimum absolute atomic E-state index is 0.00903. The molecule has 0 amide bonds. The van der Waals surface area contributed by atoms with Gasteiger partial charge in [0.15, 0.2) is 0 Å². The maximum absolute atomic E-state index is 10.4. The predicted molar refractivity (Wildman–Crippen MR) is 57.3 cm³/mol. The van der Waals surface area contributed by atoms with Gasteiger partial charge in [0.05, 0.1) is 5.60 Å². The van der Waals surface area contributed by atoms with Crippen molar-refractivity contribution in [3.8, 4) is 0 Å². The van der Waals surface area contributed by atoms with Crippen molar-refractivity contribution >= 4 is 0 Å². The molecule has 2 aliphatic rings. The Kier molecular flexibility index (Phi) is 2.58. The van der Waals surface area contributed by atoms with Gasteiger partial charge in [-0.1, -0.05) is 0 Å². The summed E-state index contributed by atoms with van der Waals surface area (Å²) in [6.45, 7) is 8.50. The molecule has 3 heteroatoms. The smallest absolute Gasteiger partial charge is 0.0799 e. The topological polar surface area (TPSA) is 35.5 Å². The lowest BCUT2D eigenvalue weighted by Crippen LogP contribution is -2.62. The Morgan fingerprint density at radius 3 is 2.29 bits per heavy atom. The summed E-state index contributed by atoms with van der Waals surface area (Å²) in [5.41, 5.74) is -0.487. The Labute approximate surface area is 86.5 Å². The molecule has 1 saturated carbocycles. The molecule has 3 nitrogen and oxygen atoms in total. The van der Waals surface area contributed by atoms with Crippen LogP contribution in [0.15, 0.2) is 0 Å². The van der Waals surface area contributed by atoms with Crippen LogP contribution in [0, 0.1) is 0 Å². The van der Waals surface area contributed by atoms with E-state index < -0.39 is 5.60 Å². The number of hydrogen-bond acceptors (Lipinski definition) is 3. The molecular weight excluding hydrogens is 176 g/mol. The molecule has 0 aromatic rings. The largest absolute Gasteiger partial charge is 0.388 e. The number of nitrogens with zero attached hydrogens (tertiary/aromatic N) is 1. The molecule has 2 atom stereocenters. The van der Waals surface area contributed by atoms with Gasteiger partial charge in [0.2, 0.25) is 0 Å². The SMILES string of the molecule is CC1(O)CCCC1(C)N1CCNCC1. The van der Waals surface area contributed by atoms with Crippen molar-refractivity contribution in [1.29, 1.82) is 0 Å². The van der Waals surface area contributed by atoms with E-state index in [4.69, 9.17) is 0 Å². The quantitative estimate of drug-likeness (QED) is 0.647. The van der Waals surface area contributed by atoms with Crippen molar-refractivity contribution in [2.24, 2.45) is 0 Å². The third kappa shape index (κ3) is 1.47. The van der Waals surface area contributed by atoms with Crippen LogP contribution in [0.3, 0.4) is 0 Å². The van der Waals surface area contributed by atoms with Crippen molar-refractivity contribution in [3.05, 3.63) is 0 Å². The zero-order valence-corrected chi connectivity index (χ0v) is 9.34. The van der Waals surface area contributed by atoms with Crippen LogP contribution < -0.4 is 5.32 Å². The van der Waals surface area contributed by atoms with Gasteiger partial charge in [0.25, 0.3) is 0 Å². The first-order valence-electron chi connectivity index (χ1n) is 5.74. The molecule has 2 N–H and O–H groups in total. The lowest BCUT2D eigenvalue weighted by molar-refractivity contribution is -0.0761. The van der Waals surface area contributed by atoms with E-state index in [1.54, 1.807) is 0 Å². The highest BCUT2D eigenvalue weighted by Crippen LogP contribution is 2.43. The molecule has 1 heterocycles. The first-order valence-corrected chi connectivity index (χ1v) is 5.74. The Bertz CT molecular complexity index is 211. The Hall–Kier alpha value is -0.120. The van der Waals surface area contributed by atoms with E-state index in [1.807, 2.05) is 6.92 Å². The molecule has 0 spiro atoms. The molecular formula is C11H22N2O. The van der Waals surface area contributed by atoms with Crippen LogP contribution in [-0.4, -0.2) is 47.3 Å². The summed E-state index contributed by atoms with van der Waals surface area (Å²) in [4.78, 5) is 2.47. The molecule has 2 unspecified atom stereocenters. The molecule has 14 heavy (non-hydrogen) atoms. The highest BCUT2D eigenvalue weighted by Gasteiger charge is 2.50. The summed E-state index contributed by atoms with van der Waals surface area (Å²) in [5.74, 6) is 0. The summed E-state index contributed by atoms with van der Waals surface area (Å²) in [5, 5.41) is 13.8. The standard InChI is InChI=1S/C11H22N2O/c1-10(4-3-5-11(10,2)14)13-8-6-12-7-9-13/h12,14H,3-9H2,1-2H3. The fraction of sp³-hybridized carbons (Fsp3) is 1.00. The maximum Gasteiger partial charge on any atom is 0.0799 e. The van der Waals surface area contributed by atoms with Crippen molar-refractivity contribution < 1.29 is 5.11 Å². The van der Waals surface area contributed by atoms with Gasteiger partial charge in [-0.2, -0.15) is 0 Å². The van der Waals surface area contributed by atoms with Crippen molar-refractivity contribution in [2.75, 3.05) is 26.2 Å². The molecule has 0 radical (unpaired) electrons. The molecule has 0 aromatic carbocycles. The highest BCUT2D eigenvalue weighted by atomic mass is 16.3. The number of piperazine rings is 1. The van der Waals surface area contributed by atoms with Crippen LogP contribution >= 0.6 is 0 Å². The number of nitrogens with one attached hydrogen (secondary N) is 1. The minimum Gasteiger partial charge on any atom is -0.388 e. The first kappa shape index (κ1) is 10.4. The Morgan fingerprint density at radius 1 is 1.14 bits per heavy atom. The van der Waals surface area contributed by atoms with E-state index >= 15 is 0 Å². The normalized spacial score (nSPS) is 45.6. The molecule has 2 rings (SSSR count). The average molecular weight is 198 g/mol. The zero-order chi connectivity index (χ0) is 10.2. The van der Waals surface area contributed by atoms with Gasteiger partial charge >= 0.3 is 0 Å². The lowest BCUT2D eigenvalue weighted by atomic mass is 9.84. The van der Waals surface area contributed by atoms with Gasteiger partial charge in [0.1, 0.15) is 0 Å². The Balaban J connectivity index is 2.13. The van der Waals surface area contributed by atoms with Gasteiger partial charge in [-0.05, 0) is 33.1 Å². The molecule has 0 bridgehead atoms. The third-order valence-corrected chi connectivity index (χ3v) is 4.30. The molecule has 1 saturated heterocycles. The van der Waals surface area contributed by atoms with Gasteiger partial charge < -0.3 is 10.4 Å². The summed E-state index contributed by atoms with van der Waals surface area (Å²) in [6.07, 6.45) is 3.25. The van der Waals surface area contributed by atoms with E-state index in [2.05, 4.69) is 17.1 Å². The van der Waals surface area contributed by atoms with Crippen LogP contribution in [0.2, 0.25) is 0 Å². The average Bonchev–Trinajstić information content (AvgIpc) is 2.44. The van der Waals surface area contributed by atoms with Crippen LogP contribution in [0.4, 0.5) is 0 Å². The van der Waals surface area contributed by atoms with Crippen LogP contribution in [-0.2, 0) is 0 Å². The van der Waals surface area contributed by atoms with Gasteiger partial charge in [-0.3, -0.25) is 4.90 Å². The highest BCUT2D eigenvalue weighted by molar-refractivity contribution is 5.07. The summed E-state index contributed by atoms with van der Waals surface area (Å²) < 4.78 is 0. The van der Waals surface area contributed by atoms with Gasteiger partial charge in [-0.25, -0.2) is 0 Å². The van der Waals surface area contributed by atoms with Gasteiger partial charge in [-0.15, -0.1) is 0 Å². The molecule has 0 aromatic heterocycles. The predicted octanol–water partition coefficient (Wildman–Crippen LogP) is 0.585. The van der Waals surface area contributed by atoms with E-state index in [0.29, 0.717) is 0 Å². The first-order chi connectivity index (χ1) is 6.56. The molecule has 1 aliphatic heterocycles. The second-order valence-electron chi connectivity index (χ2n) is 5.14. The summed E-state index contributed by atoms with van der Waals surface area (Å²) in [7, 11) is 0. The summed E-state index contributed by atoms with van der Waals surface area (Å²) >= 11 is 0. The van der Waals surface area contributed by atoms with Crippen molar-refractivity contribution in [3.63, 3.8) is 0 Å².